The van der Waals surface area contributed by atoms with Crippen LogP contribution >= 0.6 is 23.2 Å². The van der Waals surface area contributed by atoms with Crippen LogP contribution in [0.2, 0.25) is 10.0 Å². The quantitative estimate of drug-likeness (QED) is 0.509. The Kier molecular flexibility index (Phi) is 9.35. The molecule has 0 fully saturated rings. The Hall–Kier alpha value is -2.77. The van der Waals surface area contributed by atoms with Crippen LogP contribution in [-0.4, -0.2) is 37.5 Å². The first kappa shape index (κ1) is 25.5. The predicted octanol–water partition coefficient (Wildman–Crippen LogP) is 4.64. The normalized spacial score (nSPS) is 11.6. The fraction of sp³-hybridized carbons (Fsp3) is 0.348. The number of carbonyl (C=O) groups is 3. The summed E-state index contributed by atoms with van der Waals surface area (Å²) >= 11 is 11.9. The summed E-state index contributed by atoms with van der Waals surface area (Å²) in [4.78, 5) is 37.4. The highest BCUT2D eigenvalue weighted by atomic mass is 35.5. The number of halogens is 2. The molecule has 2 amide bonds. The van der Waals surface area contributed by atoms with E-state index in [-0.39, 0.29) is 5.92 Å². The smallest absolute Gasteiger partial charge is 0.329 e. The Labute approximate surface area is 197 Å². The lowest BCUT2D eigenvalue weighted by atomic mass is 10.0. The second kappa shape index (κ2) is 11.7. The van der Waals surface area contributed by atoms with Crippen molar-refractivity contribution >= 4 is 46.7 Å². The van der Waals surface area contributed by atoms with Gasteiger partial charge in [0.15, 0.2) is 6.61 Å². The van der Waals surface area contributed by atoms with Crippen molar-refractivity contribution in [3.63, 3.8) is 0 Å². The zero-order valence-electron chi connectivity index (χ0n) is 18.3. The van der Waals surface area contributed by atoms with Gasteiger partial charge >= 0.3 is 5.97 Å². The lowest BCUT2D eigenvalue weighted by Gasteiger charge is -2.19. The summed E-state index contributed by atoms with van der Waals surface area (Å²) in [7, 11) is 1.45. The van der Waals surface area contributed by atoms with Gasteiger partial charge < -0.3 is 20.1 Å². The van der Waals surface area contributed by atoms with Crippen molar-refractivity contribution in [2.45, 2.75) is 33.2 Å². The van der Waals surface area contributed by atoms with Crippen LogP contribution in [0.3, 0.4) is 0 Å². The Morgan fingerprint density at radius 2 is 1.72 bits per heavy atom. The maximum atomic E-state index is 12.6. The third kappa shape index (κ3) is 7.43. The molecule has 0 saturated heterocycles. The highest BCUT2D eigenvalue weighted by molar-refractivity contribution is 6.31. The van der Waals surface area contributed by atoms with Crippen molar-refractivity contribution in [2.24, 2.45) is 5.92 Å². The molecule has 1 atom stereocenters. The van der Waals surface area contributed by atoms with Crippen LogP contribution < -0.4 is 15.4 Å². The number of ether oxygens (including phenoxy) is 2. The van der Waals surface area contributed by atoms with Crippen molar-refractivity contribution in [3.8, 4) is 5.75 Å². The van der Waals surface area contributed by atoms with E-state index >= 15 is 0 Å². The van der Waals surface area contributed by atoms with E-state index in [2.05, 4.69) is 10.6 Å². The highest BCUT2D eigenvalue weighted by Crippen LogP contribution is 2.30. The number of hydrogen-bond acceptors (Lipinski definition) is 5. The number of amides is 2. The van der Waals surface area contributed by atoms with Gasteiger partial charge in [0.05, 0.1) is 12.8 Å². The second-order valence-electron chi connectivity index (χ2n) is 7.62. The summed E-state index contributed by atoms with van der Waals surface area (Å²) in [5.74, 6) is -1.20. The molecule has 172 valence electrons. The van der Waals surface area contributed by atoms with Crippen molar-refractivity contribution in [1.82, 2.24) is 5.32 Å². The summed E-state index contributed by atoms with van der Waals surface area (Å²) in [6, 6.07) is 8.64. The molecule has 2 rings (SSSR count). The molecule has 9 heteroatoms. The standard InChI is InChI=1S/C23H26Cl2N2O5/c1-13(2)9-19(27-22(29)15-5-7-16(24)8-6-15)23(30)32-12-21(28)26-18-10-14(3)17(25)11-20(18)31-4/h5-8,10-11,13,19H,9,12H2,1-4H3,(H,26,28)(H,27,29). The molecule has 2 aromatic rings. The number of aryl methyl sites for hydroxylation is 1. The van der Waals surface area contributed by atoms with E-state index in [9.17, 15) is 14.4 Å². The van der Waals surface area contributed by atoms with E-state index < -0.39 is 30.4 Å². The Morgan fingerprint density at radius 1 is 1.06 bits per heavy atom. The molecular formula is C23H26Cl2N2O5. The van der Waals surface area contributed by atoms with Gasteiger partial charge in [0, 0.05) is 21.7 Å². The number of benzene rings is 2. The number of rotatable bonds is 9. The molecule has 0 heterocycles. The fourth-order valence-electron chi connectivity index (χ4n) is 2.88. The average Bonchev–Trinajstić information content (AvgIpc) is 2.74. The molecule has 0 aliphatic rings. The Balaban J connectivity index is 2.00. The van der Waals surface area contributed by atoms with Crippen molar-refractivity contribution < 1.29 is 23.9 Å². The van der Waals surface area contributed by atoms with Gasteiger partial charge in [0.2, 0.25) is 0 Å². The van der Waals surface area contributed by atoms with E-state index in [4.69, 9.17) is 32.7 Å². The molecule has 1 unspecified atom stereocenters. The zero-order valence-corrected chi connectivity index (χ0v) is 19.8. The van der Waals surface area contributed by atoms with Gasteiger partial charge in [0.1, 0.15) is 11.8 Å². The van der Waals surface area contributed by atoms with E-state index in [1.807, 2.05) is 13.8 Å². The van der Waals surface area contributed by atoms with Crippen LogP contribution in [0.4, 0.5) is 5.69 Å². The van der Waals surface area contributed by atoms with Gasteiger partial charge in [-0.3, -0.25) is 9.59 Å². The van der Waals surface area contributed by atoms with Crippen LogP contribution in [0.25, 0.3) is 0 Å². The number of methoxy groups -OCH3 is 1. The molecule has 7 nitrogen and oxygen atoms in total. The van der Waals surface area contributed by atoms with Gasteiger partial charge in [-0.25, -0.2) is 4.79 Å². The lowest BCUT2D eigenvalue weighted by Crippen LogP contribution is -2.43. The molecule has 2 aromatic carbocycles. The summed E-state index contributed by atoms with van der Waals surface area (Å²) in [5.41, 5.74) is 1.52. The SMILES string of the molecule is COc1cc(Cl)c(C)cc1NC(=O)COC(=O)C(CC(C)C)NC(=O)c1ccc(Cl)cc1. The first-order chi connectivity index (χ1) is 15.1. The van der Waals surface area contributed by atoms with Gasteiger partial charge in [0.25, 0.3) is 11.8 Å². The zero-order chi connectivity index (χ0) is 23.8. The largest absolute Gasteiger partial charge is 0.495 e. The molecule has 0 aliphatic heterocycles. The minimum atomic E-state index is -0.904. The molecule has 0 spiro atoms. The van der Waals surface area contributed by atoms with Gasteiger partial charge in [-0.15, -0.1) is 0 Å². The predicted molar refractivity (Wildman–Crippen MR) is 124 cm³/mol. The topological polar surface area (TPSA) is 93.7 Å². The minimum absolute atomic E-state index is 0.105. The van der Waals surface area contributed by atoms with E-state index in [0.717, 1.165) is 5.56 Å². The summed E-state index contributed by atoms with van der Waals surface area (Å²) < 4.78 is 10.4. The number of anilines is 1. The minimum Gasteiger partial charge on any atom is -0.495 e. The average molecular weight is 481 g/mol. The van der Waals surface area contributed by atoms with E-state index in [1.165, 1.54) is 7.11 Å². The lowest BCUT2D eigenvalue weighted by molar-refractivity contribution is -0.149. The monoisotopic (exact) mass is 480 g/mol. The van der Waals surface area contributed by atoms with Crippen molar-refractivity contribution in [1.29, 1.82) is 0 Å². The number of carbonyl (C=O) groups excluding carboxylic acids is 3. The van der Waals surface area contributed by atoms with E-state index in [0.29, 0.717) is 33.5 Å². The first-order valence-corrected chi connectivity index (χ1v) is 10.7. The summed E-state index contributed by atoms with van der Waals surface area (Å²) in [5, 5.41) is 6.30. The summed E-state index contributed by atoms with van der Waals surface area (Å²) in [6.45, 7) is 5.10. The van der Waals surface area contributed by atoms with Gasteiger partial charge in [-0.1, -0.05) is 37.0 Å². The maximum absolute atomic E-state index is 12.6. The van der Waals surface area contributed by atoms with Crippen molar-refractivity contribution in [2.75, 3.05) is 19.0 Å². The molecule has 0 aliphatic carbocycles. The van der Waals surface area contributed by atoms with Crippen LogP contribution in [0, 0.1) is 12.8 Å². The Morgan fingerprint density at radius 3 is 2.31 bits per heavy atom. The number of esters is 1. The molecule has 0 saturated carbocycles. The second-order valence-corrected chi connectivity index (χ2v) is 8.46. The van der Waals surface area contributed by atoms with Crippen LogP contribution in [0.1, 0.15) is 36.2 Å². The molecule has 0 aromatic heterocycles. The third-order valence-corrected chi connectivity index (χ3v) is 5.16. The van der Waals surface area contributed by atoms with Gasteiger partial charge in [-0.05, 0) is 55.2 Å². The van der Waals surface area contributed by atoms with E-state index in [1.54, 1.807) is 43.3 Å². The third-order valence-electron chi connectivity index (χ3n) is 4.50. The highest BCUT2D eigenvalue weighted by Gasteiger charge is 2.25. The van der Waals surface area contributed by atoms with Crippen molar-refractivity contribution in [3.05, 3.63) is 57.6 Å². The Bertz CT molecular complexity index is 977. The molecular weight excluding hydrogens is 455 g/mol. The number of hydrogen-bond donors (Lipinski definition) is 2. The van der Waals surface area contributed by atoms with Crippen LogP contribution in [0.15, 0.2) is 36.4 Å². The molecule has 2 N–H and O–H groups in total. The molecule has 32 heavy (non-hydrogen) atoms. The molecule has 0 radical (unpaired) electrons. The van der Waals surface area contributed by atoms with Gasteiger partial charge in [-0.2, -0.15) is 0 Å². The van der Waals surface area contributed by atoms with Crippen LogP contribution in [-0.2, 0) is 14.3 Å². The molecule has 0 bridgehead atoms. The first-order valence-electron chi connectivity index (χ1n) is 9.97. The van der Waals surface area contributed by atoms with Crippen LogP contribution in [0.5, 0.6) is 5.75 Å². The fourth-order valence-corrected chi connectivity index (χ4v) is 3.16. The maximum Gasteiger partial charge on any atom is 0.329 e. The summed E-state index contributed by atoms with van der Waals surface area (Å²) in [6.07, 6.45) is 0.351. The number of nitrogens with one attached hydrogen (secondary N) is 2.